The summed E-state index contributed by atoms with van der Waals surface area (Å²) in [6.45, 7) is 4.26. The summed E-state index contributed by atoms with van der Waals surface area (Å²) < 4.78 is 25.2. The summed E-state index contributed by atoms with van der Waals surface area (Å²) in [6, 6.07) is 8.12. The highest BCUT2D eigenvalue weighted by atomic mass is 32.2. The van der Waals surface area contributed by atoms with Crippen LogP contribution in [0.15, 0.2) is 24.3 Å². The van der Waals surface area contributed by atoms with Crippen molar-refractivity contribution in [3.8, 4) is 0 Å². The van der Waals surface area contributed by atoms with Crippen LogP contribution in [0.4, 0.5) is 5.69 Å². The zero-order valence-corrected chi connectivity index (χ0v) is 11.5. The molecule has 5 heteroatoms. The van der Waals surface area contributed by atoms with Crippen molar-refractivity contribution in [3.63, 3.8) is 0 Å². The van der Waals surface area contributed by atoms with E-state index in [1.807, 2.05) is 12.1 Å². The number of hydrogen-bond donors (Lipinski definition) is 1. The molecule has 1 aliphatic rings. The topological polar surface area (TPSA) is 49.4 Å². The summed E-state index contributed by atoms with van der Waals surface area (Å²) in [5.74, 6) is 0.124. The maximum Gasteiger partial charge on any atom is 0.211 e. The average molecular weight is 268 g/mol. The number of nitrogens with one attached hydrogen (secondary N) is 1. The van der Waals surface area contributed by atoms with Crippen LogP contribution in [0.1, 0.15) is 25.3 Å². The van der Waals surface area contributed by atoms with Gasteiger partial charge in [0.1, 0.15) is 0 Å². The molecule has 1 fully saturated rings. The predicted octanol–water partition coefficient (Wildman–Crippen LogP) is 1.73. The Kier molecular flexibility index (Phi) is 4.24. The van der Waals surface area contributed by atoms with E-state index in [-0.39, 0.29) is 5.75 Å². The Morgan fingerprint density at radius 1 is 1.17 bits per heavy atom. The van der Waals surface area contributed by atoms with E-state index in [4.69, 9.17) is 0 Å². The quantitative estimate of drug-likeness (QED) is 0.884. The lowest BCUT2D eigenvalue weighted by molar-refractivity contribution is 0.582. The van der Waals surface area contributed by atoms with Gasteiger partial charge in [-0.1, -0.05) is 12.1 Å². The van der Waals surface area contributed by atoms with E-state index in [0.717, 1.165) is 18.7 Å². The van der Waals surface area contributed by atoms with Gasteiger partial charge in [-0.25, -0.2) is 13.1 Å². The van der Waals surface area contributed by atoms with Crippen LogP contribution in [-0.2, 0) is 16.6 Å². The van der Waals surface area contributed by atoms with Crippen molar-refractivity contribution in [1.29, 1.82) is 0 Å². The van der Waals surface area contributed by atoms with E-state index in [1.165, 1.54) is 18.5 Å². The lowest BCUT2D eigenvalue weighted by Crippen LogP contribution is -2.24. The molecule has 1 heterocycles. The van der Waals surface area contributed by atoms with Crippen molar-refractivity contribution in [2.24, 2.45) is 0 Å². The van der Waals surface area contributed by atoms with Crippen LogP contribution in [0.3, 0.4) is 0 Å². The number of rotatable bonds is 5. The molecule has 0 aliphatic carbocycles. The highest BCUT2D eigenvalue weighted by molar-refractivity contribution is 7.89. The Balaban J connectivity index is 1.95. The van der Waals surface area contributed by atoms with Crippen molar-refractivity contribution < 1.29 is 8.42 Å². The highest BCUT2D eigenvalue weighted by Crippen LogP contribution is 2.20. The van der Waals surface area contributed by atoms with Crippen molar-refractivity contribution >= 4 is 15.7 Å². The molecule has 0 bridgehead atoms. The molecule has 0 atom stereocenters. The first kappa shape index (κ1) is 13.4. The van der Waals surface area contributed by atoms with Crippen LogP contribution < -0.4 is 9.62 Å². The molecule has 1 aromatic carbocycles. The normalized spacial score (nSPS) is 16.2. The molecular weight excluding hydrogens is 248 g/mol. The second-order valence-electron chi connectivity index (χ2n) is 4.59. The molecule has 0 unspecified atom stereocenters. The fraction of sp³-hybridized carbons (Fsp3) is 0.538. The molecule has 0 saturated carbocycles. The summed E-state index contributed by atoms with van der Waals surface area (Å²) >= 11 is 0. The van der Waals surface area contributed by atoms with Gasteiger partial charge < -0.3 is 4.90 Å². The van der Waals surface area contributed by atoms with Gasteiger partial charge in [-0.2, -0.15) is 0 Å². The van der Waals surface area contributed by atoms with Crippen LogP contribution in [-0.4, -0.2) is 27.3 Å². The first-order valence-corrected chi connectivity index (χ1v) is 8.07. The van der Waals surface area contributed by atoms with E-state index in [0.29, 0.717) is 6.54 Å². The Morgan fingerprint density at radius 3 is 2.33 bits per heavy atom. The molecule has 0 spiro atoms. The summed E-state index contributed by atoms with van der Waals surface area (Å²) in [4.78, 5) is 2.36. The third-order valence-electron chi connectivity index (χ3n) is 3.28. The van der Waals surface area contributed by atoms with E-state index < -0.39 is 10.0 Å². The summed E-state index contributed by atoms with van der Waals surface area (Å²) in [6.07, 6.45) is 2.52. The number of nitrogens with zero attached hydrogens (tertiary/aromatic N) is 1. The molecule has 0 amide bonds. The van der Waals surface area contributed by atoms with Crippen LogP contribution in [0.25, 0.3) is 0 Å². The highest BCUT2D eigenvalue weighted by Gasteiger charge is 2.12. The minimum atomic E-state index is -3.10. The first-order valence-electron chi connectivity index (χ1n) is 6.42. The van der Waals surface area contributed by atoms with E-state index in [9.17, 15) is 8.42 Å². The lowest BCUT2D eigenvalue weighted by Gasteiger charge is -2.17. The van der Waals surface area contributed by atoms with Gasteiger partial charge in [-0.15, -0.1) is 0 Å². The Hall–Kier alpha value is -1.07. The van der Waals surface area contributed by atoms with Crippen LogP contribution in [0.2, 0.25) is 0 Å². The maximum atomic E-state index is 11.3. The second kappa shape index (κ2) is 5.71. The third kappa shape index (κ3) is 3.46. The van der Waals surface area contributed by atoms with E-state index in [1.54, 1.807) is 6.92 Å². The zero-order chi connectivity index (χ0) is 13.0. The molecule has 1 aromatic rings. The lowest BCUT2D eigenvalue weighted by atomic mass is 10.2. The predicted molar refractivity (Wildman–Crippen MR) is 74.2 cm³/mol. The van der Waals surface area contributed by atoms with Gasteiger partial charge >= 0.3 is 0 Å². The SMILES string of the molecule is CCS(=O)(=O)NCc1ccc(N2CCCC2)cc1. The van der Waals surface area contributed by atoms with Crippen molar-refractivity contribution in [3.05, 3.63) is 29.8 Å². The molecule has 0 radical (unpaired) electrons. The smallest absolute Gasteiger partial charge is 0.211 e. The van der Waals surface area contributed by atoms with Crippen molar-refractivity contribution in [1.82, 2.24) is 4.72 Å². The number of anilines is 1. The fourth-order valence-electron chi connectivity index (χ4n) is 2.10. The molecule has 18 heavy (non-hydrogen) atoms. The largest absolute Gasteiger partial charge is 0.372 e. The minimum absolute atomic E-state index is 0.124. The zero-order valence-electron chi connectivity index (χ0n) is 10.7. The van der Waals surface area contributed by atoms with Gasteiger partial charge in [0.2, 0.25) is 10.0 Å². The molecule has 1 aliphatic heterocycles. The molecule has 4 nitrogen and oxygen atoms in total. The molecule has 2 rings (SSSR count). The fourth-order valence-corrected chi connectivity index (χ4v) is 2.69. The molecule has 0 aromatic heterocycles. The number of benzene rings is 1. The van der Waals surface area contributed by atoms with Gasteiger partial charge in [-0.3, -0.25) is 0 Å². The maximum absolute atomic E-state index is 11.3. The van der Waals surface area contributed by atoms with Crippen LogP contribution in [0.5, 0.6) is 0 Å². The van der Waals surface area contributed by atoms with Crippen LogP contribution >= 0.6 is 0 Å². The summed E-state index contributed by atoms with van der Waals surface area (Å²) in [5, 5.41) is 0. The minimum Gasteiger partial charge on any atom is -0.372 e. The van der Waals surface area contributed by atoms with Gasteiger partial charge in [0, 0.05) is 25.3 Å². The monoisotopic (exact) mass is 268 g/mol. The molecule has 1 N–H and O–H groups in total. The second-order valence-corrected chi connectivity index (χ2v) is 6.68. The van der Waals surface area contributed by atoms with E-state index >= 15 is 0 Å². The van der Waals surface area contributed by atoms with Gasteiger partial charge in [0.15, 0.2) is 0 Å². The first-order chi connectivity index (χ1) is 8.61. The van der Waals surface area contributed by atoms with Crippen LogP contribution in [0, 0.1) is 0 Å². The Morgan fingerprint density at radius 2 is 1.78 bits per heavy atom. The Bertz CT molecular complexity index is 476. The van der Waals surface area contributed by atoms with Gasteiger partial charge in [0.25, 0.3) is 0 Å². The van der Waals surface area contributed by atoms with Crippen molar-refractivity contribution in [2.75, 3.05) is 23.7 Å². The molecule has 1 saturated heterocycles. The molecule has 100 valence electrons. The average Bonchev–Trinajstić information content (AvgIpc) is 2.91. The van der Waals surface area contributed by atoms with Crippen molar-refractivity contribution in [2.45, 2.75) is 26.3 Å². The summed E-state index contributed by atoms with van der Waals surface area (Å²) in [7, 11) is -3.10. The standard InChI is InChI=1S/C13H20N2O2S/c1-2-18(16,17)14-11-12-5-7-13(8-6-12)15-9-3-4-10-15/h5-8,14H,2-4,9-11H2,1H3. The van der Waals surface area contributed by atoms with Gasteiger partial charge in [0.05, 0.1) is 5.75 Å². The third-order valence-corrected chi connectivity index (χ3v) is 4.63. The van der Waals surface area contributed by atoms with Gasteiger partial charge in [-0.05, 0) is 37.5 Å². The number of hydrogen-bond acceptors (Lipinski definition) is 3. The Labute approximate surface area is 109 Å². The number of sulfonamides is 1. The van der Waals surface area contributed by atoms with E-state index in [2.05, 4.69) is 21.8 Å². The summed E-state index contributed by atoms with van der Waals surface area (Å²) in [5.41, 5.74) is 2.23. The molecular formula is C13H20N2O2S.